The SMILES string of the molecule is C[Si](CC[O])(c1ccccc1)c1ccccc1. The predicted molar refractivity (Wildman–Crippen MR) is 74.1 cm³/mol. The van der Waals surface area contributed by atoms with Gasteiger partial charge in [0.05, 0.1) is 6.61 Å². The van der Waals surface area contributed by atoms with Gasteiger partial charge in [0.1, 0.15) is 8.07 Å². The Morgan fingerprint density at radius 3 is 1.59 bits per heavy atom. The van der Waals surface area contributed by atoms with Crippen LogP contribution in [0.15, 0.2) is 60.7 Å². The largest absolute Gasteiger partial charge is 0.237 e. The van der Waals surface area contributed by atoms with Crippen LogP contribution in [0.3, 0.4) is 0 Å². The lowest BCUT2D eigenvalue weighted by Gasteiger charge is -2.27. The minimum atomic E-state index is -1.81. The van der Waals surface area contributed by atoms with Crippen molar-refractivity contribution in [3.8, 4) is 0 Å². The van der Waals surface area contributed by atoms with Gasteiger partial charge in [0, 0.05) is 0 Å². The number of rotatable bonds is 4. The van der Waals surface area contributed by atoms with Crippen LogP contribution in [0.1, 0.15) is 0 Å². The highest BCUT2D eigenvalue weighted by Crippen LogP contribution is 2.10. The Morgan fingerprint density at radius 2 is 1.24 bits per heavy atom. The Labute approximate surface area is 104 Å². The Kier molecular flexibility index (Phi) is 3.77. The minimum Gasteiger partial charge on any atom is -0.237 e. The van der Waals surface area contributed by atoms with E-state index in [9.17, 15) is 5.11 Å². The van der Waals surface area contributed by atoms with Gasteiger partial charge in [-0.25, -0.2) is 5.11 Å². The molecule has 0 saturated carbocycles. The molecule has 0 N–H and O–H groups in total. The third-order valence-electron chi connectivity index (χ3n) is 3.42. The van der Waals surface area contributed by atoms with E-state index in [1.807, 2.05) is 12.1 Å². The van der Waals surface area contributed by atoms with Crippen LogP contribution in [0.2, 0.25) is 12.6 Å². The van der Waals surface area contributed by atoms with Gasteiger partial charge in [0.2, 0.25) is 0 Å². The van der Waals surface area contributed by atoms with Crippen molar-refractivity contribution < 1.29 is 5.11 Å². The van der Waals surface area contributed by atoms with Crippen molar-refractivity contribution in [3.63, 3.8) is 0 Å². The molecule has 2 aromatic rings. The first-order valence-corrected chi connectivity index (χ1v) is 8.67. The van der Waals surface area contributed by atoms with Crippen LogP contribution in [-0.4, -0.2) is 14.7 Å². The van der Waals surface area contributed by atoms with Crippen molar-refractivity contribution in [2.45, 2.75) is 12.6 Å². The smallest absolute Gasteiger partial charge is 0.117 e. The van der Waals surface area contributed by atoms with E-state index < -0.39 is 8.07 Å². The molecule has 0 bridgehead atoms. The molecule has 1 nitrogen and oxygen atoms in total. The second-order valence-electron chi connectivity index (χ2n) is 4.52. The van der Waals surface area contributed by atoms with E-state index in [4.69, 9.17) is 0 Å². The van der Waals surface area contributed by atoms with Crippen molar-refractivity contribution >= 4 is 18.4 Å². The van der Waals surface area contributed by atoms with Gasteiger partial charge in [0.15, 0.2) is 0 Å². The molecule has 1 radical (unpaired) electrons. The molecule has 0 aliphatic carbocycles. The molecule has 0 aromatic heterocycles. The highest BCUT2D eigenvalue weighted by atomic mass is 28.3. The zero-order valence-electron chi connectivity index (χ0n) is 10.1. The second-order valence-corrected chi connectivity index (χ2v) is 8.84. The standard InChI is InChI=1S/C15H17OSi/c1-17(13-12-16,14-8-4-2-5-9-14)15-10-6-3-7-11-15/h2-11H,12-13H2,1H3. The lowest BCUT2D eigenvalue weighted by Crippen LogP contribution is -2.55. The van der Waals surface area contributed by atoms with E-state index >= 15 is 0 Å². The van der Waals surface area contributed by atoms with Gasteiger partial charge >= 0.3 is 0 Å². The van der Waals surface area contributed by atoms with Gasteiger partial charge < -0.3 is 0 Å². The first kappa shape index (κ1) is 12.1. The first-order valence-electron chi connectivity index (χ1n) is 5.96. The van der Waals surface area contributed by atoms with E-state index in [0.29, 0.717) is 0 Å². The fourth-order valence-electron chi connectivity index (χ4n) is 2.27. The van der Waals surface area contributed by atoms with E-state index in [0.717, 1.165) is 6.04 Å². The van der Waals surface area contributed by atoms with Gasteiger partial charge in [-0.1, -0.05) is 77.6 Å². The lowest BCUT2D eigenvalue weighted by atomic mass is 10.4. The van der Waals surface area contributed by atoms with Crippen molar-refractivity contribution in [2.24, 2.45) is 0 Å². The quantitative estimate of drug-likeness (QED) is 0.732. The maximum atomic E-state index is 11.1. The summed E-state index contributed by atoms with van der Waals surface area (Å²) in [6.07, 6.45) is 0. The summed E-state index contributed by atoms with van der Waals surface area (Å²) in [7, 11) is -1.81. The van der Waals surface area contributed by atoms with E-state index in [2.05, 4.69) is 55.1 Å². The summed E-state index contributed by atoms with van der Waals surface area (Å²) in [6.45, 7) is 2.29. The zero-order valence-corrected chi connectivity index (χ0v) is 11.1. The molecule has 0 saturated heterocycles. The summed E-state index contributed by atoms with van der Waals surface area (Å²) in [5.74, 6) is 0. The molecule has 87 valence electrons. The minimum absolute atomic E-state index is 0.00646. The van der Waals surface area contributed by atoms with Gasteiger partial charge in [-0.15, -0.1) is 0 Å². The molecular weight excluding hydrogens is 224 g/mol. The monoisotopic (exact) mass is 241 g/mol. The van der Waals surface area contributed by atoms with Crippen molar-refractivity contribution in [3.05, 3.63) is 60.7 Å². The normalized spacial score (nSPS) is 11.4. The number of hydrogen-bond acceptors (Lipinski definition) is 0. The highest BCUT2D eigenvalue weighted by molar-refractivity contribution is 7.01. The molecule has 2 aromatic carbocycles. The highest BCUT2D eigenvalue weighted by Gasteiger charge is 2.30. The first-order chi connectivity index (χ1) is 8.27. The average Bonchev–Trinajstić information content (AvgIpc) is 2.41. The Morgan fingerprint density at radius 1 is 0.824 bits per heavy atom. The van der Waals surface area contributed by atoms with Crippen molar-refractivity contribution in [2.75, 3.05) is 6.61 Å². The topological polar surface area (TPSA) is 19.9 Å². The summed E-state index contributed by atoms with van der Waals surface area (Å²) < 4.78 is 0. The molecule has 2 rings (SSSR count). The van der Waals surface area contributed by atoms with E-state index in [1.165, 1.54) is 10.4 Å². The van der Waals surface area contributed by atoms with Crippen LogP contribution in [0, 0.1) is 0 Å². The summed E-state index contributed by atoms with van der Waals surface area (Å²) in [5.41, 5.74) is 0. The van der Waals surface area contributed by atoms with Crippen LogP contribution < -0.4 is 10.4 Å². The maximum absolute atomic E-state index is 11.1. The van der Waals surface area contributed by atoms with Gasteiger partial charge in [-0.3, -0.25) is 0 Å². The van der Waals surface area contributed by atoms with E-state index in [-0.39, 0.29) is 6.61 Å². The van der Waals surface area contributed by atoms with Gasteiger partial charge in [0.25, 0.3) is 0 Å². The summed E-state index contributed by atoms with van der Waals surface area (Å²) in [6, 6.07) is 21.7. The molecule has 0 amide bonds. The third-order valence-corrected chi connectivity index (χ3v) is 7.84. The average molecular weight is 241 g/mol. The van der Waals surface area contributed by atoms with Crippen LogP contribution in [0.4, 0.5) is 0 Å². The van der Waals surface area contributed by atoms with Crippen LogP contribution in [-0.2, 0) is 5.11 Å². The van der Waals surface area contributed by atoms with Gasteiger partial charge in [-0.2, -0.15) is 0 Å². The molecule has 2 heteroatoms. The molecule has 0 atom stereocenters. The maximum Gasteiger partial charge on any atom is 0.117 e. The predicted octanol–water partition coefficient (Wildman–Crippen LogP) is 2.31. The third kappa shape index (κ3) is 2.48. The van der Waals surface area contributed by atoms with Crippen LogP contribution >= 0.6 is 0 Å². The Bertz CT molecular complexity index is 413. The van der Waals surface area contributed by atoms with E-state index in [1.54, 1.807) is 0 Å². The molecule has 0 spiro atoms. The Balaban J connectivity index is 2.47. The molecule has 0 unspecified atom stereocenters. The fraction of sp³-hybridized carbons (Fsp3) is 0.200. The van der Waals surface area contributed by atoms with Crippen LogP contribution in [0.25, 0.3) is 0 Å². The van der Waals surface area contributed by atoms with Crippen LogP contribution in [0.5, 0.6) is 0 Å². The Hall–Kier alpha value is -1.38. The second kappa shape index (κ2) is 5.30. The molecule has 0 aliphatic rings. The summed E-state index contributed by atoms with van der Waals surface area (Å²) >= 11 is 0. The van der Waals surface area contributed by atoms with Gasteiger partial charge in [-0.05, 0) is 6.04 Å². The lowest BCUT2D eigenvalue weighted by molar-refractivity contribution is 0.211. The molecule has 0 heterocycles. The number of hydrogen-bond donors (Lipinski definition) is 0. The number of benzene rings is 2. The molecule has 17 heavy (non-hydrogen) atoms. The molecular formula is C15H17OSi. The zero-order chi connectivity index (χ0) is 12.1. The summed E-state index contributed by atoms with van der Waals surface area (Å²) in [5, 5.41) is 13.8. The molecule has 0 aliphatic heterocycles. The van der Waals surface area contributed by atoms with Crippen molar-refractivity contribution in [1.29, 1.82) is 0 Å². The molecule has 0 fully saturated rings. The summed E-state index contributed by atoms with van der Waals surface area (Å²) in [4.78, 5) is 0. The fourth-order valence-corrected chi connectivity index (χ4v) is 5.45. The van der Waals surface area contributed by atoms with Crippen molar-refractivity contribution in [1.82, 2.24) is 0 Å².